The summed E-state index contributed by atoms with van der Waals surface area (Å²) in [6, 6.07) is 4.11. The van der Waals surface area contributed by atoms with Crippen molar-refractivity contribution in [3.05, 3.63) is 42.1 Å². The van der Waals surface area contributed by atoms with Crippen molar-refractivity contribution in [1.82, 2.24) is 24.4 Å². The Bertz CT molecular complexity index is 1080. The van der Waals surface area contributed by atoms with Crippen LogP contribution in [0.2, 0.25) is 0 Å². The van der Waals surface area contributed by atoms with E-state index in [4.69, 9.17) is 4.74 Å². The van der Waals surface area contributed by atoms with Gasteiger partial charge in [-0.25, -0.2) is 14.8 Å². The van der Waals surface area contributed by atoms with Gasteiger partial charge in [0.1, 0.15) is 16.9 Å². The summed E-state index contributed by atoms with van der Waals surface area (Å²) in [6.45, 7) is 9.03. The number of carbonyl (C=O) groups excluding carboxylic acids is 1. The van der Waals surface area contributed by atoms with Crippen molar-refractivity contribution in [2.75, 3.05) is 18.4 Å². The number of likely N-dealkylation sites (tertiary alicyclic amines) is 1. The van der Waals surface area contributed by atoms with Gasteiger partial charge in [-0.05, 0) is 38.8 Å². The molecule has 0 bridgehead atoms. The highest BCUT2D eigenvalue weighted by atomic mass is 16.6. The number of aromatic nitrogens is 4. The number of fused-ring (bicyclic) bond motifs is 1. The second kappa shape index (κ2) is 7.59. The molecule has 1 saturated heterocycles. The zero-order valence-corrected chi connectivity index (χ0v) is 18.1. The summed E-state index contributed by atoms with van der Waals surface area (Å²) >= 11 is 0. The van der Waals surface area contributed by atoms with E-state index in [0.717, 1.165) is 34.7 Å². The minimum Gasteiger partial charge on any atom is -0.444 e. The second-order valence-corrected chi connectivity index (χ2v) is 8.74. The fraction of sp³-hybridized carbons (Fsp3) is 0.455. The fourth-order valence-electron chi connectivity index (χ4n) is 3.52. The Labute approximate surface area is 176 Å². The van der Waals surface area contributed by atoms with Gasteiger partial charge in [0.25, 0.3) is 0 Å². The zero-order valence-electron chi connectivity index (χ0n) is 18.1. The van der Waals surface area contributed by atoms with Crippen molar-refractivity contribution in [3.8, 4) is 0 Å². The predicted octanol–water partition coefficient (Wildman–Crippen LogP) is 4.00. The highest BCUT2D eigenvalue weighted by molar-refractivity contribution is 5.78. The minimum absolute atomic E-state index is 0.237. The molecule has 0 spiro atoms. The van der Waals surface area contributed by atoms with Gasteiger partial charge >= 0.3 is 6.09 Å². The van der Waals surface area contributed by atoms with Gasteiger partial charge in [0.15, 0.2) is 0 Å². The first-order valence-corrected chi connectivity index (χ1v) is 10.2. The van der Waals surface area contributed by atoms with Crippen LogP contribution in [0.3, 0.4) is 0 Å². The molecule has 0 unspecified atom stereocenters. The van der Waals surface area contributed by atoms with Crippen molar-refractivity contribution < 1.29 is 9.53 Å². The molecule has 3 aromatic heterocycles. The Hall–Kier alpha value is -3.16. The Balaban J connectivity index is 1.46. The lowest BCUT2D eigenvalue weighted by Crippen LogP contribution is -2.50. The third-order valence-corrected chi connectivity index (χ3v) is 5.22. The molecule has 0 atom stereocenters. The molecule has 30 heavy (non-hydrogen) atoms. The molecule has 0 aromatic carbocycles. The van der Waals surface area contributed by atoms with Crippen LogP contribution >= 0.6 is 0 Å². The topological polar surface area (TPSA) is 85.2 Å². The Kier molecular flexibility index (Phi) is 5.09. The van der Waals surface area contributed by atoms with Gasteiger partial charge in [0.2, 0.25) is 0 Å². The highest BCUT2D eigenvalue weighted by Crippen LogP contribution is 2.30. The second-order valence-electron chi connectivity index (χ2n) is 8.74. The van der Waals surface area contributed by atoms with Crippen molar-refractivity contribution in [3.63, 3.8) is 0 Å². The van der Waals surface area contributed by atoms with Gasteiger partial charge in [0, 0.05) is 37.8 Å². The number of hydrogen-bond donors (Lipinski definition) is 1. The molecule has 8 heteroatoms. The molecular weight excluding hydrogens is 380 g/mol. The standard InChI is InChI=1S/C22H28N6O2/c1-6-14-7-16(15-11-28(12-15)21(29)30-22(2,3)4)23-9-17(14)26-20-8-19-18(10-24-20)25-13-27(19)5/h7-10,13,15H,6,11-12H2,1-5H3,(H,24,26). The molecule has 1 fully saturated rings. The third kappa shape index (κ3) is 4.08. The molecule has 1 aliphatic heterocycles. The van der Waals surface area contributed by atoms with Crippen molar-refractivity contribution in [2.24, 2.45) is 7.05 Å². The van der Waals surface area contributed by atoms with Crippen molar-refractivity contribution in [1.29, 1.82) is 0 Å². The number of nitrogens with zero attached hydrogens (tertiary/aromatic N) is 5. The van der Waals surface area contributed by atoms with Crippen LogP contribution < -0.4 is 5.32 Å². The molecule has 1 aliphatic rings. The molecule has 158 valence electrons. The van der Waals surface area contributed by atoms with Gasteiger partial charge in [-0.2, -0.15) is 0 Å². The quantitative estimate of drug-likeness (QED) is 0.702. The monoisotopic (exact) mass is 408 g/mol. The summed E-state index contributed by atoms with van der Waals surface area (Å²) in [5, 5.41) is 3.39. The Morgan fingerprint density at radius 2 is 1.97 bits per heavy atom. The van der Waals surface area contributed by atoms with Crippen LogP contribution in [-0.4, -0.2) is 49.2 Å². The Morgan fingerprint density at radius 1 is 1.20 bits per heavy atom. The summed E-state index contributed by atoms with van der Waals surface area (Å²) in [6.07, 6.45) is 6.02. The molecule has 0 radical (unpaired) electrons. The van der Waals surface area contributed by atoms with E-state index < -0.39 is 5.60 Å². The number of aryl methyl sites for hydroxylation is 2. The van der Waals surface area contributed by atoms with Gasteiger partial charge in [-0.1, -0.05) is 6.92 Å². The van der Waals surface area contributed by atoms with Crippen LogP contribution in [0.1, 0.15) is 44.9 Å². The molecule has 3 aromatic rings. The first-order chi connectivity index (χ1) is 14.2. The smallest absolute Gasteiger partial charge is 0.410 e. The largest absolute Gasteiger partial charge is 0.444 e. The molecule has 4 heterocycles. The number of pyridine rings is 2. The van der Waals surface area contributed by atoms with Crippen LogP contribution in [0.15, 0.2) is 30.9 Å². The molecule has 4 rings (SSSR count). The van der Waals surface area contributed by atoms with Gasteiger partial charge in [-0.15, -0.1) is 0 Å². The van der Waals surface area contributed by atoms with E-state index in [1.807, 2.05) is 44.6 Å². The summed E-state index contributed by atoms with van der Waals surface area (Å²) in [5.74, 6) is 0.996. The predicted molar refractivity (Wildman–Crippen MR) is 116 cm³/mol. The van der Waals surface area contributed by atoms with Gasteiger partial charge in [0.05, 0.1) is 29.9 Å². The number of imidazole rings is 1. The number of nitrogens with one attached hydrogen (secondary N) is 1. The van der Waals surface area contributed by atoms with Crippen LogP contribution in [0.25, 0.3) is 11.0 Å². The van der Waals surface area contributed by atoms with E-state index in [1.54, 1.807) is 17.4 Å². The SMILES string of the molecule is CCc1cc(C2CN(C(=O)OC(C)(C)C)C2)ncc1Nc1cc2c(cn1)ncn2C. The molecule has 1 amide bonds. The van der Waals surface area contributed by atoms with Crippen LogP contribution in [0.5, 0.6) is 0 Å². The molecule has 8 nitrogen and oxygen atoms in total. The molecule has 1 N–H and O–H groups in total. The number of carbonyl (C=O) groups is 1. The van der Waals surface area contributed by atoms with Gasteiger partial charge in [-0.3, -0.25) is 4.98 Å². The minimum atomic E-state index is -0.477. The number of ether oxygens (including phenoxy) is 1. The normalized spacial score (nSPS) is 14.6. The lowest BCUT2D eigenvalue weighted by atomic mass is 9.94. The average Bonchev–Trinajstić information content (AvgIpc) is 3.00. The first kappa shape index (κ1) is 20.1. The first-order valence-electron chi connectivity index (χ1n) is 10.2. The molecular formula is C22H28N6O2. The summed E-state index contributed by atoms with van der Waals surface area (Å²) in [7, 11) is 1.96. The van der Waals surface area contributed by atoms with E-state index >= 15 is 0 Å². The number of rotatable bonds is 4. The molecule has 0 aliphatic carbocycles. The highest BCUT2D eigenvalue weighted by Gasteiger charge is 2.35. The summed E-state index contributed by atoms with van der Waals surface area (Å²) in [4.78, 5) is 27.3. The van der Waals surface area contributed by atoms with E-state index in [0.29, 0.717) is 13.1 Å². The Morgan fingerprint density at radius 3 is 2.67 bits per heavy atom. The van der Waals surface area contributed by atoms with Crippen LogP contribution in [0, 0.1) is 0 Å². The van der Waals surface area contributed by atoms with E-state index in [9.17, 15) is 4.79 Å². The maximum Gasteiger partial charge on any atom is 0.410 e. The maximum atomic E-state index is 12.2. The lowest BCUT2D eigenvalue weighted by molar-refractivity contribution is 0.00787. The van der Waals surface area contributed by atoms with Crippen LogP contribution in [0.4, 0.5) is 16.3 Å². The maximum absolute atomic E-state index is 12.2. The average molecular weight is 409 g/mol. The van der Waals surface area contributed by atoms with Gasteiger partial charge < -0.3 is 19.5 Å². The van der Waals surface area contributed by atoms with Crippen molar-refractivity contribution in [2.45, 2.75) is 45.6 Å². The van der Waals surface area contributed by atoms with E-state index in [-0.39, 0.29) is 12.0 Å². The lowest BCUT2D eigenvalue weighted by Gasteiger charge is -2.39. The zero-order chi connectivity index (χ0) is 21.5. The fourth-order valence-corrected chi connectivity index (χ4v) is 3.52. The van der Waals surface area contributed by atoms with E-state index in [1.165, 1.54) is 5.56 Å². The van der Waals surface area contributed by atoms with Crippen molar-refractivity contribution >= 4 is 28.6 Å². The number of hydrogen-bond acceptors (Lipinski definition) is 6. The molecule has 0 saturated carbocycles. The third-order valence-electron chi connectivity index (χ3n) is 5.22. The van der Waals surface area contributed by atoms with E-state index in [2.05, 4.69) is 33.3 Å². The van der Waals surface area contributed by atoms with Crippen LogP contribution in [-0.2, 0) is 18.2 Å². The summed E-state index contributed by atoms with van der Waals surface area (Å²) < 4.78 is 7.40. The number of anilines is 2. The summed E-state index contributed by atoms with van der Waals surface area (Å²) in [5.41, 5.74) is 4.53. The number of amides is 1.